The van der Waals surface area contributed by atoms with Crippen LogP contribution in [-0.2, 0) is 4.74 Å². The van der Waals surface area contributed by atoms with Crippen LogP contribution >= 0.6 is 0 Å². The predicted octanol–water partition coefficient (Wildman–Crippen LogP) is 2.06. The fraction of sp³-hybridized carbons (Fsp3) is 0.375. The van der Waals surface area contributed by atoms with Crippen LogP contribution in [0.15, 0.2) is 30.3 Å². The normalized spacial score (nSPS) is 17.3. The summed E-state index contributed by atoms with van der Waals surface area (Å²) >= 11 is 0. The zero-order valence-corrected chi connectivity index (χ0v) is 11.7. The molecule has 0 bridgehead atoms. The molecule has 1 aromatic heterocycles. The summed E-state index contributed by atoms with van der Waals surface area (Å²) in [7, 11) is 0. The van der Waals surface area contributed by atoms with Gasteiger partial charge in [0.05, 0.1) is 29.3 Å². The average molecular weight is 283 g/mol. The lowest BCUT2D eigenvalue weighted by molar-refractivity contribution is 0.0378. The number of hydrogen-bond donors (Lipinski definition) is 2. The maximum absolute atomic E-state index is 9.73. The summed E-state index contributed by atoms with van der Waals surface area (Å²) in [4.78, 5) is 4.56. The molecule has 1 aliphatic rings. The molecule has 0 atom stereocenters. The second-order valence-corrected chi connectivity index (χ2v) is 5.36. The molecule has 0 saturated carbocycles. The summed E-state index contributed by atoms with van der Waals surface area (Å²) in [5, 5.41) is 23.2. The van der Waals surface area contributed by atoms with Crippen LogP contribution < -0.4 is 5.32 Å². The highest BCUT2D eigenvalue weighted by Gasteiger charge is 2.32. The highest BCUT2D eigenvalue weighted by molar-refractivity contribution is 5.86. The van der Waals surface area contributed by atoms with E-state index in [0.717, 1.165) is 23.7 Å². The Hall–Kier alpha value is -2.16. The van der Waals surface area contributed by atoms with Gasteiger partial charge in [-0.15, -0.1) is 0 Å². The van der Waals surface area contributed by atoms with Gasteiger partial charge in [0.15, 0.2) is 0 Å². The largest absolute Gasteiger partial charge is 0.394 e. The van der Waals surface area contributed by atoms with Gasteiger partial charge in [-0.1, -0.05) is 18.2 Å². The van der Waals surface area contributed by atoms with Gasteiger partial charge in [-0.2, -0.15) is 5.26 Å². The summed E-state index contributed by atoms with van der Waals surface area (Å²) < 4.78 is 5.36. The molecule has 0 spiro atoms. The lowest BCUT2D eigenvalue weighted by atomic mass is 9.91. The lowest BCUT2D eigenvalue weighted by Crippen LogP contribution is -2.47. The van der Waals surface area contributed by atoms with E-state index in [4.69, 9.17) is 4.74 Å². The van der Waals surface area contributed by atoms with E-state index in [-0.39, 0.29) is 6.61 Å². The van der Waals surface area contributed by atoms with Crippen LogP contribution in [0.4, 0.5) is 5.82 Å². The molecule has 1 saturated heterocycles. The van der Waals surface area contributed by atoms with Gasteiger partial charge in [0.1, 0.15) is 5.82 Å². The summed E-state index contributed by atoms with van der Waals surface area (Å²) in [5.74, 6) is 0.626. The first-order valence-electron chi connectivity index (χ1n) is 7.03. The monoisotopic (exact) mass is 283 g/mol. The zero-order valence-electron chi connectivity index (χ0n) is 11.7. The van der Waals surface area contributed by atoms with Gasteiger partial charge in [0.2, 0.25) is 0 Å². The standard InChI is InChI=1S/C16H17N3O2/c17-10-12-9-15(18-14-4-2-1-3-13(12)14)19-16(11-20)5-7-21-8-6-16/h1-4,9,20H,5-8,11H2,(H,18,19). The molecule has 0 amide bonds. The third kappa shape index (κ3) is 2.68. The summed E-state index contributed by atoms with van der Waals surface area (Å²) in [6.45, 7) is 1.26. The maximum atomic E-state index is 9.73. The number of hydrogen-bond acceptors (Lipinski definition) is 5. The van der Waals surface area contributed by atoms with Crippen LogP contribution in [0.5, 0.6) is 0 Å². The van der Waals surface area contributed by atoms with Crippen LogP contribution in [0.3, 0.4) is 0 Å². The molecule has 5 heteroatoms. The predicted molar refractivity (Wildman–Crippen MR) is 80.0 cm³/mol. The second-order valence-electron chi connectivity index (χ2n) is 5.36. The van der Waals surface area contributed by atoms with Crippen molar-refractivity contribution in [3.05, 3.63) is 35.9 Å². The summed E-state index contributed by atoms with van der Waals surface area (Å²) in [6.07, 6.45) is 1.44. The van der Waals surface area contributed by atoms with E-state index < -0.39 is 5.54 Å². The molecule has 21 heavy (non-hydrogen) atoms. The van der Waals surface area contributed by atoms with E-state index in [1.165, 1.54) is 0 Å². The smallest absolute Gasteiger partial charge is 0.128 e. The Labute approximate surface area is 123 Å². The van der Waals surface area contributed by atoms with E-state index in [1.54, 1.807) is 6.07 Å². The molecule has 3 rings (SSSR count). The average Bonchev–Trinajstić information content (AvgIpc) is 2.55. The SMILES string of the molecule is N#Cc1cc(NC2(CO)CCOCC2)nc2ccccc12. The summed E-state index contributed by atoms with van der Waals surface area (Å²) in [5.41, 5.74) is 0.947. The molecule has 108 valence electrons. The highest BCUT2D eigenvalue weighted by Crippen LogP contribution is 2.27. The quantitative estimate of drug-likeness (QED) is 0.901. The number of anilines is 1. The van der Waals surface area contributed by atoms with E-state index in [0.29, 0.717) is 24.6 Å². The van der Waals surface area contributed by atoms with Gasteiger partial charge >= 0.3 is 0 Å². The van der Waals surface area contributed by atoms with Crippen LogP contribution in [-0.4, -0.2) is 35.5 Å². The Balaban J connectivity index is 1.99. The van der Waals surface area contributed by atoms with Crippen molar-refractivity contribution in [2.45, 2.75) is 18.4 Å². The van der Waals surface area contributed by atoms with E-state index in [9.17, 15) is 10.4 Å². The Morgan fingerprint density at radius 1 is 1.33 bits per heavy atom. The van der Waals surface area contributed by atoms with E-state index >= 15 is 0 Å². The van der Waals surface area contributed by atoms with E-state index in [2.05, 4.69) is 16.4 Å². The van der Waals surface area contributed by atoms with Gasteiger partial charge in [-0.25, -0.2) is 4.98 Å². The van der Waals surface area contributed by atoms with Crippen molar-refractivity contribution in [1.82, 2.24) is 4.98 Å². The van der Waals surface area contributed by atoms with Crippen molar-refractivity contribution in [2.75, 3.05) is 25.1 Å². The van der Waals surface area contributed by atoms with Gasteiger partial charge in [0, 0.05) is 18.6 Å². The Morgan fingerprint density at radius 3 is 2.81 bits per heavy atom. The number of nitrogens with one attached hydrogen (secondary N) is 1. The van der Waals surface area contributed by atoms with E-state index in [1.807, 2.05) is 24.3 Å². The Kier molecular flexibility index (Phi) is 3.74. The molecular formula is C16H17N3O2. The number of nitrogens with zero attached hydrogens (tertiary/aromatic N) is 2. The van der Waals surface area contributed by atoms with Crippen molar-refractivity contribution in [3.8, 4) is 6.07 Å². The highest BCUT2D eigenvalue weighted by atomic mass is 16.5. The van der Waals surface area contributed by atoms with Crippen molar-refractivity contribution in [3.63, 3.8) is 0 Å². The minimum absolute atomic E-state index is 0.0206. The van der Waals surface area contributed by atoms with Crippen LogP contribution in [0.25, 0.3) is 10.9 Å². The third-order valence-corrected chi connectivity index (χ3v) is 3.98. The lowest BCUT2D eigenvalue weighted by Gasteiger charge is -2.36. The molecule has 0 aliphatic carbocycles. The van der Waals surface area contributed by atoms with Crippen LogP contribution in [0, 0.1) is 11.3 Å². The van der Waals surface area contributed by atoms with Gasteiger partial charge in [-0.3, -0.25) is 0 Å². The molecule has 1 aliphatic heterocycles. The number of fused-ring (bicyclic) bond motifs is 1. The minimum atomic E-state index is -0.416. The van der Waals surface area contributed by atoms with Crippen molar-refractivity contribution in [2.24, 2.45) is 0 Å². The first-order chi connectivity index (χ1) is 10.3. The Bertz CT molecular complexity index is 687. The first kappa shape index (κ1) is 13.8. The van der Waals surface area contributed by atoms with Crippen molar-refractivity contribution < 1.29 is 9.84 Å². The van der Waals surface area contributed by atoms with Crippen molar-refractivity contribution in [1.29, 1.82) is 5.26 Å². The number of aromatic nitrogens is 1. The van der Waals surface area contributed by atoms with Gasteiger partial charge in [-0.05, 0) is 25.0 Å². The molecule has 1 aromatic carbocycles. The number of aliphatic hydroxyl groups excluding tert-OH is 1. The molecule has 5 nitrogen and oxygen atoms in total. The number of rotatable bonds is 3. The maximum Gasteiger partial charge on any atom is 0.128 e. The molecule has 2 N–H and O–H groups in total. The molecule has 2 aromatic rings. The van der Waals surface area contributed by atoms with Crippen molar-refractivity contribution >= 4 is 16.7 Å². The van der Waals surface area contributed by atoms with Crippen LogP contribution in [0.2, 0.25) is 0 Å². The minimum Gasteiger partial charge on any atom is -0.394 e. The molecular weight excluding hydrogens is 266 g/mol. The molecule has 0 unspecified atom stereocenters. The molecule has 1 fully saturated rings. The first-order valence-corrected chi connectivity index (χ1v) is 7.03. The van der Waals surface area contributed by atoms with Crippen LogP contribution in [0.1, 0.15) is 18.4 Å². The number of aliphatic hydroxyl groups is 1. The number of ether oxygens (including phenoxy) is 1. The molecule has 0 radical (unpaired) electrons. The van der Waals surface area contributed by atoms with Gasteiger partial charge < -0.3 is 15.2 Å². The fourth-order valence-corrected chi connectivity index (χ4v) is 2.69. The summed E-state index contributed by atoms with van der Waals surface area (Å²) in [6, 6.07) is 11.5. The third-order valence-electron chi connectivity index (χ3n) is 3.98. The topological polar surface area (TPSA) is 78.2 Å². The second kappa shape index (κ2) is 5.68. The number of benzene rings is 1. The number of para-hydroxylation sites is 1. The Morgan fingerprint density at radius 2 is 2.10 bits per heavy atom. The number of nitriles is 1. The number of pyridine rings is 1. The van der Waals surface area contributed by atoms with Gasteiger partial charge in [0.25, 0.3) is 0 Å². The fourth-order valence-electron chi connectivity index (χ4n) is 2.69. The zero-order chi connectivity index (χ0) is 14.7. The molecule has 2 heterocycles.